The second kappa shape index (κ2) is 10.8. The minimum atomic E-state index is -1.02. The minimum absolute atomic E-state index is 0.129. The number of hydrogen-bond donors (Lipinski definition) is 4. The van der Waals surface area contributed by atoms with Crippen molar-refractivity contribution in [2.45, 2.75) is 12.5 Å². The predicted octanol–water partition coefficient (Wildman–Crippen LogP) is 1.96. The van der Waals surface area contributed by atoms with Crippen LogP contribution in [0.1, 0.15) is 21.5 Å². The van der Waals surface area contributed by atoms with Gasteiger partial charge >= 0.3 is 0 Å². The first-order valence-corrected chi connectivity index (χ1v) is 10.2. The molecule has 1 aromatic heterocycles. The smallest absolute Gasteiger partial charge is 0.255 e. The van der Waals surface area contributed by atoms with E-state index in [0.717, 1.165) is 5.56 Å². The van der Waals surface area contributed by atoms with E-state index in [1.807, 2.05) is 0 Å². The van der Waals surface area contributed by atoms with Crippen molar-refractivity contribution in [3.8, 4) is 17.3 Å². The highest BCUT2D eigenvalue weighted by atomic mass is 19.1. The Bertz CT molecular complexity index is 1210. The summed E-state index contributed by atoms with van der Waals surface area (Å²) >= 11 is 0. The zero-order chi connectivity index (χ0) is 23.8. The molecule has 0 aliphatic carbocycles. The summed E-state index contributed by atoms with van der Waals surface area (Å²) in [5.74, 6) is -1.27. The van der Waals surface area contributed by atoms with Gasteiger partial charge < -0.3 is 22.1 Å². The van der Waals surface area contributed by atoms with E-state index in [9.17, 15) is 19.2 Å². The minimum Gasteiger partial charge on any atom is -0.369 e. The molecular formula is C24H23FN6O2. The number of halogens is 1. The van der Waals surface area contributed by atoms with Crippen LogP contribution in [0.4, 0.5) is 10.2 Å². The normalized spacial score (nSPS) is 11.3. The standard InChI is InChI=1S/C24H23FN6O2/c25-17-6-3-4-15(12-17)10-11-29-23-19(24(33)30-14-20(27)22(28)32)8-9-21(31-23)18-7-2-1-5-16(18)13-26/h1-9,12,20H,10-11,14,27H2,(H2,28,32)(H,29,31)(H,30,33)/t20-/m0/s1. The fourth-order valence-electron chi connectivity index (χ4n) is 3.15. The second-order valence-corrected chi connectivity index (χ2v) is 7.28. The van der Waals surface area contributed by atoms with Crippen molar-refractivity contribution < 1.29 is 14.0 Å². The van der Waals surface area contributed by atoms with Gasteiger partial charge in [-0.1, -0.05) is 30.3 Å². The zero-order valence-corrected chi connectivity index (χ0v) is 17.7. The number of hydrogen-bond acceptors (Lipinski definition) is 6. The number of pyridine rings is 1. The first-order valence-electron chi connectivity index (χ1n) is 10.2. The second-order valence-electron chi connectivity index (χ2n) is 7.28. The van der Waals surface area contributed by atoms with Crippen LogP contribution in [0.3, 0.4) is 0 Å². The largest absolute Gasteiger partial charge is 0.369 e. The molecule has 2 aromatic carbocycles. The molecule has 0 radical (unpaired) electrons. The molecule has 1 heterocycles. The number of nitrogens with zero attached hydrogens (tertiary/aromatic N) is 2. The molecule has 33 heavy (non-hydrogen) atoms. The molecule has 0 bridgehead atoms. The van der Waals surface area contributed by atoms with Crippen LogP contribution >= 0.6 is 0 Å². The molecule has 1 atom stereocenters. The molecule has 0 saturated carbocycles. The number of rotatable bonds is 9. The van der Waals surface area contributed by atoms with Crippen LogP contribution in [0.2, 0.25) is 0 Å². The first-order chi connectivity index (χ1) is 15.9. The lowest BCUT2D eigenvalue weighted by molar-refractivity contribution is -0.119. The Morgan fingerprint density at radius 1 is 1.12 bits per heavy atom. The van der Waals surface area contributed by atoms with Gasteiger partial charge in [-0.05, 0) is 42.3 Å². The van der Waals surface area contributed by atoms with Gasteiger partial charge in [-0.2, -0.15) is 5.26 Å². The Labute approximate surface area is 190 Å². The monoisotopic (exact) mass is 446 g/mol. The van der Waals surface area contributed by atoms with Crippen LogP contribution in [0.25, 0.3) is 11.3 Å². The molecule has 0 unspecified atom stereocenters. The average Bonchev–Trinajstić information content (AvgIpc) is 2.82. The maximum absolute atomic E-state index is 13.5. The number of benzene rings is 2. The first kappa shape index (κ1) is 23.4. The summed E-state index contributed by atoms with van der Waals surface area (Å²) in [5.41, 5.74) is 13.3. The molecular weight excluding hydrogens is 423 g/mol. The van der Waals surface area contributed by atoms with Crippen molar-refractivity contribution in [1.29, 1.82) is 5.26 Å². The number of nitrogens with one attached hydrogen (secondary N) is 2. The van der Waals surface area contributed by atoms with Gasteiger partial charge in [-0.25, -0.2) is 9.37 Å². The van der Waals surface area contributed by atoms with Gasteiger partial charge in [0.2, 0.25) is 5.91 Å². The Hall–Kier alpha value is -4.29. The predicted molar refractivity (Wildman–Crippen MR) is 122 cm³/mol. The van der Waals surface area contributed by atoms with Crippen molar-refractivity contribution in [1.82, 2.24) is 10.3 Å². The lowest BCUT2D eigenvalue weighted by Crippen LogP contribution is -2.45. The number of anilines is 1. The third-order valence-corrected chi connectivity index (χ3v) is 4.91. The fraction of sp³-hybridized carbons (Fsp3) is 0.167. The quantitative estimate of drug-likeness (QED) is 0.395. The van der Waals surface area contributed by atoms with E-state index in [4.69, 9.17) is 11.5 Å². The van der Waals surface area contributed by atoms with Crippen molar-refractivity contribution in [3.63, 3.8) is 0 Å². The Morgan fingerprint density at radius 2 is 1.91 bits per heavy atom. The Morgan fingerprint density at radius 3 is 2.64 bits per heavy atom. The molecule has 0 aliphatic heterocycles. The molecule has 0 aliphatic rings. The Balaban J connectivity index is 1.86. The van der Waals surface area contributed by atoms with E-state index in [1.165, 1.54) is 12.1 Å². The van der Waals surface area contributed by atoms with Gasteiger partial charge in [0.05, 0.1) is 22.9 Å². The van der Waals surface area contributed by atoms with Crippen LogP contribution in [-0.4, -0.2) is 35.9 Å². The molecule has 0 fully saturated rings. The number of amides is 2. The van der Waals surface area contributed by atoms with Crippen molar-refractivity contribution in [2.24, 2.45) is 11.5 Å². The number of aromatic nitrogens is 1. The van der Waals surface area contributed by atoms with Gasteiger partial charge in [0.15, 0.2) is 0 Å². The summed E-state index contributed by atoms with van der Waals surface area (Å²) in [6.07, 6.45) is 0.492. The lowest BCUT2D eigenvalue weighted by atomic mass is 10.0. The van der Waals surface area contributed by atoms with E-state index in [-0.39, 0.29) is 23.7 Å². The van der Waals surface area contributed by atoms with Crippen LogP contribution in [-0.2, 0) is 11.2 Å². The van der Waals surface area contributed by atoms with Gasteiger partial charge in [-0.15, -0.1) is 0 Å². The van der Waals surface area contributed by atoms with E-state index < -0.39 is 17.9 Å². The number of primary amides is 1. The van der Waals surface area contributed by atoms with Gasteiger partial charge in [0, 0.05) is 18.7 Å². The van der Waals surface area contributed by atoms with Crippen LogP contribution in [0.5, 0.6) is 0 Å². The van der Waals surface area contributed by atoms with Crippen LogP contribution in [0.15, 0.2) is 60.7 Å². The number of carbonyl (C=O) groups is 2. The highest BCUT2D eigenvalue weighted by Crippen LogP contribution is 2.25. The number of nitriles is 1. The van der Waals surface area contributed by atoms with E-state index in [1.54, 1.807) is 48.5 Å². The topological polar surface area (TPSA) is 147 Å². The third kappa shape index (κ3) is 6.12. The van der Waals surface area contributed by atoms with Crippen molar-refractivity contribution >= 4 is 17.6 Å². The maximum Gasteiger partial charge on any atom is 0.255 e. The summed E-state index contributed by atoms with van der Waals surface area (Å²) in [6, 6.07) is 17.6. The molecule has 168 valence electrons. The summed E-state index contributed by atoms with van der Waals surface area (Å²) < 4.78 is 13.5. The molecule has 2 amide bonds. The van der Waals surface area contributed by atoms with Crippen molar-refractivity contribution in [3.05, 3.63) is 83.2 Å². The lowest BCUT2D eigenvalue weighted by Gasteiger charge is -2.15. The summed E-state index contributed by atoms with van der Waals surface area (Å²) in [6.45, 7) is 0.247. The summed E-state index contributed by atoms with van der Waals surface area (Å²) in [5, 5.41) is 15.1. The zero-order valence-electron chi connectivity index (χ0n) is 17.7. The molecule has 3 rings (SSSR count). The highest BCUT2D eigenvalue weighted by Gasteiger charge is 2.17. The highest BCUT2D eigenvalue weighted by molar-refractivity contribution is 5.99. The SMILES string of the molecule is N#Cc1ccccc1-c1ccc(C(=O)NC[C@H](N)C(N)=O)c(NCCc2cccc(F)c2)n1. The van der Waals surface area contributed by atoms with E-state index in [2.05, 4.69) is 21.7 Å². The third-order valence-electron chi connectivity index (χ3n) is 4.91. The van der Waals surface area contributed by atoms with Gasteiger partial charge in [0.25, 0.3) is 5.91 Å². The van der Waals surface area contributed by atoms with E-state index >= 15 is 0 Å². The van der Waals surface area contributed by atoms with E-state index in [0.29, 0.717) is 29.8 Å². The average molecular weight is 446 g/mol. The van der Waals surface area contributed by atoms with Gasteiger partial charge in [-0.3, -0.25) is 9.59 Å². The molecule has 6 N–H and O–H groups in total. The van der Waals surface area contributed by atoms with Crippen molar-refractivity contribution in [2.75, 3.05) is 18.4 Å². The fourth-order valence-corrected chi connectivity index (χ4v) is 3.15. The number of nitrogens with two attached hydrogens (primary N) is 2. The van der Waals surface area contributed by atoms with Gasteiger partial charge in [0.1, 0.15) is 17.7 Å². The maximum atomic E-state index is 13.5. The van der Waals surface area contributed by atoms with Crippen LogP contribution in [0, 0.1) is 17.1 Å². The summed E-state index contributed by atoms with van der Waals surface area (Å²) in [7, 11) is 0. The molecule has 8 nitrogen and oxygen atoms in total. The molecule has 0 spiro atoms. The Kier molecular flexibility index (Phi) is 7.68. The molecule has 3 aromatic rings. The summed E-state index contributed by atoms with van der Waals surface area (Å²) in [4.78, 5) is 28.4. The molecule has 9 heteroatoms. The number of carbonyl (C=O) groups excluding carboxylic acids is 2. The molecule has 0 saturated heterocycles. The van der Waals surface area contributed by atoms with Crippen LogP contribution < -0.4 is 22.1 Å².